The van der Waals surface area contributed by atoms with E-state index in [1.807, 2.05) is 37.6 Å². The van der Waals surface area contributed by atoms with Crippen LogP contribution in [-0.4, -0.2) is 31.6 Å². The number of carbonyl (C=O) groups excluding carboxylic acids is 1. The summed E-state index contributed by atoms with van der Waals surface area (Å²) in [6.07, 6.45) is 0.430. The first-order valence-corrected chi connectivity index (χ1v) is 7.57. The Bertz CT molecular complexity index is 631. The van der Waals surface area contributed by atoms with E-state index in [1.165, 1.54) is 11.3 Å². The van der Waals surface area contributed by atoms with Crippen molar-refractivity contribution in [2.24, 2.45) is 0 Å². The molecule has 7 heteroatoms. The van der Waals surface area contributed by atoms with E-state index in [-0.39, 0.29) is 18.3 Å². The van der Waals surface area contributed by atoms with Gasteiger partial charge in [0, 0.05) is 23.9 Å². The van der Waals surface area contributed by atoms with E-state index in [4.69, 9.17) is 4.74 Å². The van der Waals surface area contributed by atoms with Crippen molar-refractivity contribution in [3.8, 4) is 17.0 Å². The summed E-state index contributed by atoms with van der Waals surface area (Å²) in [6, 6.07) is 5.95. The molecule has 1 heterocycles. The van der Waals surface area contributed by atoms with Gasteiger partial charge in [-0.1, -0.05) is 11.6 Å². The Morgan fingerprint density at radius 1 is 1.41 bits per heavy atom. The number of carbonyl (C=O) groups is 1. The second kappa shape index (κ2) is 8.73. The van der Waals surface area contributed by atoms with E-state index in [0.29, 0.717) is 18.1 Å². The van der Waals surface area contributed by atoms with Crippen LogP contribution in [0.5, 0.6) is 5.75 Å². The summed E-state index contributed by atoms with van der Waals surface area (Å²) in [5, 5.41) is 8.28. The highest BCUT2D eigenvalue weighted by atomic mass is 35.5. The van der Waals surface area contributed by atoms with Crippen molar-refractivity contribution in [2.45, 2.75) is 13.3 Å². The van der Waals surface area contributed by atoms with Crippen molar-refractivity contribution in [3.05, 3.63) is 29.1 Å². The number of ether oxygens (including phenoxy) is 1. The first-order chi connectivity index (χ1) is 10.1. The Morgan fingerprint density at radius 2 is 2.18 bits per heavy atom. The quantitative estimate of drug-likeness (QED) is 0.847. The van der Waals surface area contributed by atoms with Crippen molar-refractivity contribution in [1.82, 2.24) is 10.3 Å². The Balaban J connectivity index is 0.00000242. The highest BCUT2D eigenvalue weighted by Gasteiger charge is 2.11. The number of hydrogen-bond donors (Lipinski definition) is 2. The summed E-state index contributed by atoms with van der Waals surface area (Å²) in [7, 11) is 3.46. The Labute approximate surface area is 140 Å². The molecular formula is C15H20ClN3O2S. The van der Waals surface area contributed by atoms with Gasteiger partial charge in [-0.2, -0.15) is 0 Å². The van der Waals surface area contributed by atoms with Crippen molar-refractivity contribution in [1.29, 1.82) is 0 Å². The average Bonchev–Trinajstić information content (AvgIpc) is 2.93. The summed E-state index contributed by atoms with van der Waals surface area (Å²) in [5.74, 6) is 0.736. The maximum atomic E-state index is 11.7. The van der Waals surface area contributed by atoms with E-state index in [9.17, 15) is 4.79 Å². The molecule has 1 aromatic heterocycles. The van der Waals surface area contributed by atoms with E-state index < -0.39 is 0 Å². The topological polar surface area (TPSA) is 63.2 Å². The predicted molar refractivity (Wildman–Crippen MR) is 93.3 cm³/mol. The Kier molecular flexibility index (Phi) is 7.31. The maximum Gasteiger partial charge on any atom is 0.227 e. The molecular weight excluding hydrogens is 322 g/mol. The van der Waals surface area contributed by atoms with Gasteiger partial charge >= 0.3 is 0 Å². The molecule has 0 aliphatic rings. The number of nitrogens with zero attached hydrogens (tertiary/aromatic N) is 1. The van der Waals surface area contributed by atoms with E-state index in [1.54, 1.807) is 7.11 Å². The number of aromatic nitrogens is 1. The van der Waals surface area contributed by atoms with Crippen molar-refractivity contribution in [2.75, 3.05) is 26.0 Å². The molecule has 120 valence electrons. The monoisotopic (exact) mass is 341 g/mol. The largest absolute Gasteiger partial charge is 0.496 e. The van der Waals surface area contributed by atoms with Gasteiger partial charge in [0.15, 0.2) is 5.13 Å². The van der Waals surface area contributed by atoms with Crippen molar-refractivity contribution < 1.29 is 9.53 Å². The fourth-order valence-corrected chi connectivity index (χ4v) is 2.62. The first kappa shape index (κ1) is 18.4. The molecule has 0 bridgehead atoms. The summed E-state index contributed by atoms with van der Waals surface area (Å²) in [5.41, 5.74) is 2.88. The van der Waals surface area contributed by atoms with Crippen LogP contribution in [0.3, 0.4) is 0 Å². The maximum absolute atomic E-state index is 11.7. The minimum absolute atomic E-state index is 0. The molecule has 1 aromatic carbocycles. The van der Waals surface area contributed by atoms with Gasteiger partial charge in [0.1, 0.15) is 5.75 Å². The zero-order valence-electron chi connectivity index (χ0n) is 12.8. The summed E-state index contributed by atoms with van der Waals surface area (Å²) in [4.78, 5) is 16.1. The molecule has 0 saturated carbocycles. The normalized spacial score (nSPS) is 9.95. The predicted octanol–water partition coefficient (Wildman–Crippen LogP) is 3.10. The molecule has 0 spiro atoms. The average molecular weight is 342 g/mol. The third-order valence-electron chi connectivity index (χ3n) is 2.98. The van der Waals surface area contributed by atoms with Crippen LogP contribution in [0.25, 0.3) is 11.3 Å². The van der Waals surface area contributed by atoms with Gasteiger partial charge in [0.2, 0.25) is 5.91 Å². The van der Waals surface area contributed by atoms with Gasteiger partial charge in [-0.3, -0.25) is 4.79 Å². The minimum atomic E-state index is -0.0403. The molecule has 0 aliphatic carbocycles. The first-order valence-electron chi connectivity index (χ1n) is 6.69. The number of thiazole rings is 1. The second-order valence-electron chi connectivity index (χ2n) is 4.64. The smallest absolute Gasteiger partial charge is 0.227 e. The molecule has 0 atom stereocenters. The third-order valence-corrected chi connectivity index (χ3v) is 3.74. The lowest BCUT2D eigenvalue weighted by Crippen LogP contribution is -2.18. The molecule has 2 aromatic rings. The number of nitrogens with one attached hydrogen (secondary N) is 2. The number of rotatable bonds is 6. The fraction of sp³-hybridized carbons (Fsp3) is 0.333. The van der Waals surface area contributed by atoms with Crippen molar-refractivity contribution in [3.63, 3.8) is 0 Å². The van der Waals surface area contributed by atoms with E-state index in [0.717, 1.165) is 22.6 Å². The van der Waals surface area contributed by atoms with Gasteiger partial charge in [0.05, 0.1) is 12.8 Å². The van der Waals surface area contributed by atoms with E-state index in [2.05, 4.69) is 15.6 Å². The van der Waals surface area contributed by atoms with Gasteiger partial charge in [0.25, 0.3) is 0 Å². The van der Waals surface area contributed by atoms with Crippen LogP contribution in [0.2, 0.25) is 0 Å². The van der Waals surface area contributed by atoms with Crippen LogP contribution in [0.1, 0.15) is 12.0 Å². The number of amides is 1. The molecule has 5 nitrogen and oxygen atoms in total. The lowest BCUT2D eigenvalue weighted by atomic mass is 10.1. The van der Waals surface area contributed by atoms with Crippen molar-refractivity contribution >= 4 is 34.8 Å². The van der Waals surface area contributed by atoms with Crippen LogP contribution < -0.4 is 15.4 Å². The molecule has 2 N–H and O–H groups in total. The Morgan fingerprint density at radius 3 is 2.86 bits per heavy atom. The van der Waals surface area contributed by atoms with Crippen LogP contribution in [0.15, 0.2) is 23.6 Å². The van der Waals surface area contributed by atoms with Crippen LogP contribution in [-0.2, 0) is 4.79 Å². The Hall–Kier alpha value is -1.63. The highest BCUT2D eigenvalue weighted by molar-refractivity contribution is 7.14. The summed E-state index contributed by atoms with van der Waals surface area (Å²) < 4.78 is 5.37. The standard InChI is InChI=1S/C15H19N3O2S.ClH/c1-10-4-5-13(20-3)11(8-10)12-9-21-15(17-12)18-14(19)6-7-16-2;/h4-5,8-9,16H,6-7H2,1-3H3,(H,17,18,19);1H. The number of halogens is 1. The van der Waals surface area contributed by atoms with Gasteiger partial charge < -0.3 is 15.4 Å². The zero-order valence-corrected chi connectivity index (χ0v) is 14.4. The lowest BCUT2D eigenvalue weighted by Gasteiger charge is -2.07. The SMILES string of the molecule is CNCCC(=O)Nc1nc(-c2cc(C)ccc2OC)cs1.Cl. The highest BCUT2D eigenvalue weighted by Crippen LogP contribution is 2.32. The fourth-order valence-electron chi connectivity index (χ4n) is 1.90. The van der Waals surface area contributed by atoms with Gasteiger partial charge in [-0.15, -0.1) is 23.7 Å². The number of anilines is 1. The van der Waals surface area contributed by atoms with Crippen LogP contribution in [0.4, 0.5) is 5.13 Å². The molecule has 0 aliphatic heterocycles. The van der Waals surface area contributed by atoms with Gasteiger partial charge in [-0.25, -0.2) is 4.98 Å². The molecule has 0 fully saturated rings. The molecule has 22 heavy (non-hydrogen) atoms. The number of hydrogen-bond acceptors (Lipinski definition) is 5. The summed E-state index contributed by atoms with van der Waals surface area (Å²) in [6.45, 7) is 2.67. The number of methoxy groups -OCH3 is 1. The van der Waals surface area contributed by atoms with Crippen LogP contribution in [0, 0.1) is 6.92 Å². The third kappa shape index (κ3) is 4.69. The lowest BCUT2D eigenvalue weighted by molar-refractivity contribution is -0.116. The number of benzene rings is 1. The molecule has 2 rings (SSSR count). The molecule has 0 saturated heterocycles. The molecule has 0 radical (unpaired) electrons. The second-order valence-corrected chi connectivity index (χ2v) is 5.50. The van der Waals surface area contributed by atoms with Gasteiger partial charge in [-0.05, 0) is 26.1 Å². The summed E-state index contributed by atoms with van der Waals surface area (Å²) >= 11 is 1.41. The van der Waals surface area contributed by atoms with E-state index >= 15 is 0 Å². The molecule has 0 unspecified atom stereocenters. The van der Waals surface area contributed by atoms with Crippen LogP contribution >= 0.6 is 23.7 Å². The minimum Gasteiger partial charge on any atom is -0.496 e. The number of aryl methyl sites for hydroxylation is 1. The molecule has 1 amide bonds. The zero-order chi connectivity index (χ0) is 15.2.